The highest BCUT2D eigenvalue weighted by molar-refractivity contribution is 6.32. The highest BCUT2D eigenvalue weighted by Crippen LogP contribution is 2.09. The molecule has 0 aromatic carbocycles. The zero-order chi connectivity index (χ0) is 8.27. The molecule has 11 heavy (non-hydrogen) atoms. The largest absolute Gasteiger partial charge is 0.382 e. The van der Waals surface area contributed by atoms with E-state index in [1.807, 2.05) is 0 Å². The maximum atomic E-state index is 5.67. The van der Waals surface area contributed by atoms with E-state index in [1.165, 1.54) is 0 Å². The number of hydrogen-bond acceptors (Lipinski definition) is 3. The van der Waals surface area contributed by atoms with E-state index in [9.17, 15) is 0 Å². The van der Waals surface area contributed by atoms with Crippen molar-refractivity contribution in [2.24, 2.45) is 16.7 Å². The molecule has 0 aliphatic carbocycles. The molecule has 4 nitrogen and oxygen atoms in total. The smallest absolute Gasteiger partial charge is 0.153 e. The van der Waals surface area contributed by atoms with Gasteiger partial charge in [-0.1, -0.05) is 11.6 Å². The Morgan fingerprint density at radius 1 is 1.64 bits per heavy atom. The number of aromatic nitrogens is 1. The molecule has 0 fully saturated rings. The van der Waals surface area contributed by atoms with Crippen molar-refractivity contribution in [1.82, 2.24) is 4.98 Å². The predicted molar refractivity (Wildman–Crippen MR) is 44.2 cm³/mol. The van der Waals surface area contributed by atoms with Gasteiger partial charge in [0.05, 0.1) is 5.56 Å². The Balaban J connectivity index is 3.14. The molecule has 0 aliphatic heterocycles. The van der Waals surface area contributed by atoms with Crippen LogP contribution < -0.4 is 11.6 Å². The SMILES string of the molecule is NN=C(N)c1cccnc1Cl. The molecular weight excluding hydrogens is 164 g/mol. The van der Waals surface area contributed by atoms with Gasteiger partial charge in [0.15, 0.2) is 5.84 Å². The number of halogens is 1. The van der Waals surface area contributed by atoms with Gasteiger partial charge in [0, 0.05) is 6.20 Å². The fourth-order valence-corrected chi connectivity index (χ4v) is 0.863. The third-order valence-corrected chi connectivity index (χ3v) is 1.48. The van der Waals surface area contributed by atoms with Gasteiger partial charge in [0.25, 0.3) is 0 Å². The Labute approximate surface area is 68.9 Å². The highest BCUT2D eigenvalue weighted by Gasteiger charge is 2.02. The molecule has 0 bridgehead atoms. The van der Waals surface area contributed by atoms with Crippen molar-refractivity contribution in [1.29, 1.82) is 0 Å². The van der Waals surface area contributed by atoms with Crippen molar-refractivity contribution < 1.29 is 0 Å². The van der Waals surface area contributed by atoms with Crippen molar-refractivity contribution in [3.63, 3.8) is 0 Å². The van der Waals surface area contributed by atoms with Crippen LogP contribution in [0.3, 0.4) is 0 Å². The number of pyridine rings is 1. The summed E-state index contributed by atoms with van der Waals surface area (Å²) in [6.45, 7) is 0. The van der Waals surface area contributed by atoms with E-state index in [1.54, 1.807) is 18.3 Å². The summed E-state index contributed by atoms with van der Waals surface area (Å²) in [4.78, 5) is 3.80. The van der Waals surface area contributed by atoms with Crippen molar-refractivity contribution in [3.8, 4) is 0 Å². The van der Waals surface area contributed by atoms with Crippen LogP contribution in [0, 0.1) is 0 Å². The molecule has 4 N–H and O–H groups in total. The molecule has 0 atom stereocenters. The molecular formula is C6H7ClN4. The Hall–Kier alpha value is -1.29. The van der Waals surface area contributed by atoms with Crippen molar-refractivity contribution >= 4 is 17.4 Å². The molecule has 1 heterocycles. The third kappa shape index (κ3) is 1.59. The number of nitrogens with two attached hydrogens (primary N) is 2. The molecule has 58 valence electrons. The average molecular weight is 171 g/mol. The number of nitrogens with zero attached hydrogens (tertiary/aromatic N) is 2. The lowest BCUT2D eigenvalue weighted by Crippen LogP contribution is -2.16. The van der Waals surface area contributed by atoms with Crippen molar-refractivity contribution in [2.75, 3.05) is 0 Å². The summed E-state index contributed by atoms with van der Waals surface area (Å²) in [6.07, 6.45) is 1.57. The topological polar surface area (TPSA) is 77.3 Å². The first-order chi connectivity index (χ1) is 5.25. The third-order valence-electron chi connectivity index (χ3n) is 1.17. The van der Waals surface area contributed by atoms with E-state index in [0.717, 1.165) is 0 Å². The minimum atomic E-state index is 0.183. The summed E-state index contributed by atoms with van der Waals surface area (Å²) in [7, 11) is 0. The van der Waals surface area contributed by atoms with Crippen LogP contribution in [0.5, 0.6) is 0 Å². The van der Waals surface area contributed by atoms with Gasteiger partial charge < -0.3 is 11.6 Å². The van der Waals surface area contributed by atoms with Crippen LogP contribution in [-0.4, -0.2) is 10.8 Å². The lowest BCUT2D eigenvalue weighted by atomic mass is 10.3. The molecule has 0 saturated carbocycles. The van der Waals surface area contributed by atoms with Crippen LogP contribution in [-0.2, 0) is 0 Å². The number of amidine groups is 1. The van der Waals surface area contributed by atoms with Gasteiger partial charge in [-0.05, 0) is 12.1 Å². The Morgan fingerprint density at radius 2 is 2.36 bits per heavy atom. The summed E-state index contributed by atoms with van der Waals surface area (Å²) < 4.78 is 0. The number of hydrazone groups is 1. The van der Waals surface area contributed by atoms with E-state index in [2.05, 4.69) is 10.1 Å². The first kappa shape index (κ1) is 7.81. The summed E-state index contributed by atoms with van der Waals surface area (Å²) in [6, 6.07) is 3.40. The quantitative estimate of drug-likeness (QED) is 0.209. The summed E-state index contributed by atoms with van der Waals surface area (Å²) in [5.41, 5.74) is 5.95. The van der Waals surface area contributed by atoms with Gasteiger partial charge in [-0.15, -0.1) is 0 Å². The monoisotopic (exact) mass is 170 g/mol. The second kappa shape index (κ2) is 3.21. The normalized spacial score (nSPS) is 11.5. The fraction of sp³-hybridized carbons (Fsp3) is 0. The Kier molecular flexibility index (Phi) is 2.28. The molecule has 1 aromatic rings. The zero-order valence-electron chi connectivity index (χ0n) is 5.66. The van der Waals surface area contributed by atoms with Crippen LogP contribution in [0.25, 0.3) is 0 Å². The fourth-order valence-electron chi connectivity index (χ4n) is 0.647. The van der Waals surface area contributed by atoms with E-state index >= 15 is 0 Å². The first-order valence-corrected chi connectivity index (χ1v) is 3.27. The minimum absolute atomic E-state index is 0.183. The van der Waals surface area contributed by atoms with Crippen LogP contribution in [0.2, 0.25) is 5.15 Å². The molecule has 0 amide bonds. The van der Waals surface area contributed by atoms with Gasteiger partial charge in [0.1, 0.15) is 5.15 Å². The van der Waals surface area contributed by atoms with Crippen LogP contribution >= 0.6 is 11.6 Å². The molecule has 0 spiro atoms. The predicted octanol–water partition coefficient (Wildman–Crippen LogP) is 0.314. The van der Waals surface area contributed by atoms with Gasteiger partial charge in [0.2, 0.25) is 0 Å². The summed E-state index contributed by atoms with van der Waals surface area (Å²) in [5.74, 6) is 5.13. The van der Waals surface area contributed by atoms with Crippen LogP contribution in [0.1, 0.15) is 5.56 Å². The minimum Gasteiger partial charge on any atom is -0.382 e. The molecule has 0 aliphatic rings. The summed E-state index contributed by atoms with van der Waals surface area (Å²) >= 11 is 5.67. The lowest BCUT2D eigenvalue weighted by molar-refractivity contribution is 1.22. The first-order valence-electron chi connectivity index (χ1n) is 2.90. The highest BCUT2D eigenvalue weighted by atomic mass is 35.5. The van der Waals surface area contributed by atoms with Gasteiger partial charge in [-0.3, -0.25) is 0 Å². The zero-order valence-corrected chi connectivity index (χ0v) is 6.42. The molecule has 5 heteroatoms. The van der Waals surface area contributed by atoms with Gasteiger partial charge in [-0.25, -0.2) is 4.98 Å². The Morgan fingerprint density at radius 3 is 2.91 bits per heavy atom. The van der Waals surface area contributed by atoms with Crippen LogP contribution in [0.4, 0.5) is 0 Å². The molecule has 1 rings (SSSR count). The summed E-state index contributed by atoms with van der Waals surface area (Å²) in [5, 5.41) is 3.59. The van der Waals surface area contributed by atoms with E-state index in [4.69, 9.17) is 23.2 Å². The molecule has 1 aromatic heterocycles. The van der Waals surface area contributed by atoms with Gasteiger partial charge in [-0.2, -0.15) is 5.10 Å². The lowest BCUT2D eigenvalue weighted by Gasteiger charge is -1.98. The second-order valence-corrected chi connectivity index (χ2v) is 2.21. The van der Waals surface area contributed by atoms with E-state index < -0.39 is 0 Å². The standard InChI is InChI=1S/C6H7ClN4/c7-5-4(6(8)11-9)2-1-3-10-5/h1-3H,9H2,(H2,8,11). The maximum absolute atomic E-state index is 5.67. The average Bonchev–Trinajstić information content (AvgIpc) is 2.04. The Bertz CT molecular complexity index is 284. The molecule has 0 unspecified atom stereocenters. The van der Waals surface area contributed by atoms with Gasteiger partial charge >= 0.3 is 0 Å². The van der Waals surface area contributed by atoms with E-state index in [-0.39, 0.29) is 5.84 Å². The maximum Gasteiger partial charge on any atom is 0.153 e. The van der Waals surface area contributed by atoms with Crippen molar-refractivity contribution in [2.45, 2.75) is 0 Å². The van der Waals surface area contributed by atoms with Crippen molar-refractivity contribution in [3.05, 3.63) is 29.0 Å². The second-order valence-electron chi connectivity index (χ2n) is 1.86. The molecule has 0 radical (unpaired) electrons. The van der Waals surface area contributed by atoms with Crippen LogP contribution in [0.15, 0.2) is 23.4 Å². The molecule has 0 saturated heterocycles. The van der Waals surface area contributed by atoms with E-state index in [0.29, 0.717) is 10.7 Å². The number of rotatable bonds is 1. The number of hydrogen-bond donors (Lipinski definition) is 2.